The molecule has 0 bridgehead atoms. The molecule has 3 N–H and O–H groups in total. The van der Waals surface area contributed by atoms with Crippen molar-refractivity contribution in [1.82, 2.24) is 4.98 Å². The number of aromatic nitrogens is 1. The molecular weight excluding hydrogens is 433 g/mol. The van der Waals surface area contributed by atoms with Crippen molar-refractivity contribution in [3.8, 4) is 16.9 Å². The number of nitrogens with two attached hydrogens (primary N) is 1. The zero-order valence-corrected chi connectivity index (χ0v) is 19.5. The van der Waals surface area contributed by atoms with Gasteiger partial charge in [-0.15, -0.1) is 0 Å². The number of carbonyl (C=O) groups is 1. The molecule has 1 aromatic heterocycles. The van der Waals surface area contributed by atoms with Gasteiger partial charge >= 0.3 is 6.09 Å². The lowest BCUT2D eigenvalue weighted by molar-refractivity contribution is -0.0185. The van der Waals surface area contributed by atoms with Gasteiger partial charge in [0, 0.05) is 12.2 Å². The van der Waals surface area contributed by atoms with Crippen LogP contribution in [0.15, 0.2) is 36.5 Å². The zero-order valence-electron chi connectivity index (χ0n) is 18.7. The number of primary amides is 1. The van der Waals surface area contributed by atoms with Gasteiger partial charge in [-0.3, -0.25) is 0 Å². The summed E-state index contributed by atoms with van der Waals surface area (Å²) >= 11 is 6.48. The second kappa shape index (κ2) is 10.4. The van der Waals surface area contributed by atoms with Crippen molar-refractivity contribution in [1.29, 1.82) is 0 Å². The molecule has 3 atom stereocenters. The smallest absolute Gasteiger partial charge is 0.405 e. The highest BCUT2D eigenvalue weighted by Gasteiger charge is 2.31. The van der Waals surface area contributed by atoms with E-state index in [2.05, 4.69) is 10.3 Å². The van der Waals surface area contributed by atoms with Crippen LogP contribution in [0.1, 0.15) is 46.5 Å². The molecule has 0 aliphatic heterocycles. The number of hydrogen-bond acceptors (Lipinski definition) is 5. The highest BCUT2D eigenvalue weighted by molar-refractivity contribution is 6.32. The van der Waals surface area contributed by atoms with Crippen LogP contribution >= 0.6 is 11.6 Å². The van der Waals surface area contributed by atoms with E-state index in [9.17, 15) is 9.18 Å². The van der Waals surface area contributed by atoms with Crippen LogP contribution in [0.5, 0.6) is 5.75 Å². The Kier molecular flexibility index (Phi) is 7.82. The SMILES string of the molecule is CC(C)C[C@@](C)(COc1ccc(-c2ccnc(NC3CCC(F)C3)c2)cc1Cl)OC(N)=O. The van der Waals surface area contributed by atoms with Crippen molar-refractivity contribution in [2.45, 2.75) is 64.3 Å². The predicted molar refractivity (Wildman–Crippen MR) is 125 cm³/mol. The van der Waals surface area contributed by atoms with Crippen LogP contribution in [0.2, 0.25) is 5.02 Å². The number of halogens is 2. The molecule has 0 spiro atoms. The van der Waals surface area contributed by atoms with E-state index < -0.39 is 17.9 Å². The summed E-state index contributed by atoms with van der Waals surface area (Å²) in [5.74, 6) is 1.49. The average molecular weight is 464 g/mol. The molecule has 1 heterocycles. The van der Waals surface area contributed by atoms with Gasteiger partial charge in [-0.25, -0.2) is 14.2 Å². The lowest BCUT2D eigenvalue weighted by Crippen LogP contribution is -2.41. The number of hydrogen-bond donors (Lipinski definition) is 2. The van der Waals surface area contributed by atoms with E-state index in [-0.39, 0.29) is 18.6 Å². The Hall–Kier alpha value is -2.54. The summed E-state index contributed by atoms with van der Waals surface area (Å²) in [7, 11) is 0. The van der Waals surface area contributed by atoms with Gasteiger partial charge in [0.15, 0.2) is 0 Å². The number of nitrogens with zero attached hydrogens (tertiary/aromatic N) is 1. The minimum absolute atomic E-state index is 0.106. The van der Waals surface area contributed by atoms with Crippen molar-refractivity contribution >= 4 is 23.5 Å². The summed E-state index contributed by atoms with van der Waals surface area (Å²) in [6.07, 6.45) is 2.66. The van der Waals surface area contributed by atoms with Crippen LogP contribution in [0, 0.1) is 5.92 Å². The van der Waals surface area contributed by atoms with Gasteiger partial charge in [0.05, 0.1) is 5.02 Å². The fraction of sp³-hybridized carbons (Fsp3) is 0.500. The molecule has 2 unspecified atom stereocenters. The van der Waals surface area contributed by atoms with Gasteiger partial charge < -0.3 is 20.5 Å². The first-order chi connectivity index (χ1) is 15.1. The van der Waals surface area contributed by atoms with Gasteiger partial charge in [-0.2, -0.15) is 0 Å². The third-order valence-electron chi connectivity index (χ3n) is 5.47. The monoisotopic (exact) mass is 463 g/mol. The standard InChI is InChI=1S/C24H31ClFN3O3/c1-15(2)13-24(3,32-23(27)30)14-31-21-7-4-16(10-20(21)25)17-8-9-28-22(11-17)29-19-6-5-18(26)12-19/h4,7-11,15,18-19H,5-6,12-14H2,1-3H3,(H2,27,30)(H,28,29)/t18?,19?,24-/m0/s1. The number of nitrogens with one attached hydrogen (secondary N) is 1. The Balaban J connectivity index is 1.69. The number of amides is 1. The maximum atomic E-state index is 13.4. The summed E-state index contributed by atoms with van der Waals surface area (Å²) in [6, 6.07) is 9.44. The summed E-state index contributed by atoms with van der Waals surface area (Å²) in [5.41, 5.74) is 6.22. The molecule has 8 heteroatoms. The fourth-order valence-corrected chi connectivity index (χ4v) is 4.46. The highest BCUT2D eigenvalue weighted by Crippen LogP contribution is 2.33. The first kappa shape index (κ1) is 24.1. The lowest BCUT2D eigenvalue weighted by Gasteiger charge is -2.30. The van der Waals surface area contributed by atoms with Gasteiger partial charge in [0.25, 0.3) is 0 Å². The predicted octanol–water partition coefficient (Wildman–Crippen LogP) is 5.98. The molecule has 6 nitrogen and oxygen atoms in total. The minimum Gasteiger partial charge on any atom is -0.488 e. The summed E-state index contributed by atoms with van der Waals surface area (Å²) < 4.78 is 24.6. The normalized spacial score (nSPS) is 20.1. The second-order valence-corrected chi connectivity index (χ2v) is 9.49. The van der Waals surface area contributed by atoms with Crippen molar-refractivity contribution in [3.05, 3.63) is 41.6 Å². The maximum absolute atomic E-state index is 13.4. The van der Waals surface area contributed by atoms with E-state index in [0.717, 1.165) is 17.5 Å². The second-order valence-electron chi connectivity index (χ2n) is 9.08. The molecule has 174 valence electrons. The Bertz CT molecular complexity index is 942. The van der Waals surface area contributed by atoms with Crippen molar-refractivity contribution in [2.75, 3.05) is 11.9 Å². The third-order valence-corrected chi connectivity index (χ3v) is 5.76. The molecule has 2 aromatic rings. The topological polar surface area (TPSA) is 86.5 Å². The van der Waals surface area contributed by atoms with E-state index in [1.807, 2.05) is 38.1 Å². The Labute approximate surface area is 193 Å². The van der Waals surface area contributed by atoms with E-state index in [1.165, 1.54) is 0 Å². The van der Waals surface area contributed by atoms with Gasteiger partial charge in [0.2, 0.25) is 0 Å². The number of pyridine rings is 1. The van der Waals surface area contributed by atoms with Crippen LogP contribution in [-0.2, 0) is 4.74 Å². The average Bonchev–Trinajstić information content (AvgIpc) is 3.10. The quantitative estimate of drug-likeness (QED) is 0.477. The number of ether oxygens (including phenoxy) is 2. The Morgan fingerprint density at radius 3 is 2.69 bits per heavy atom. The number of rotatable bonds is 9. The van der Waals surface area contributed by atoms with Crippen LogP contribution in [0.3, 0.4) is 0 Å². The van der Waals surface area contributed by atoms with E-state index in [0.29, 0.717) is 35.9 Å². The summed E-state index contributed by atoms with van der Waals surface area (Å²) in [5, 5.41) is 3.76. The molecule has 1 aromatic carbocycles. The molecule has 3 rings (SSSR count). The lowest BCUT2D eigenvalue weighted by atomic mass is 9.95. The number of anilines is 1. The minimum atomic E-state index is -0.855. The molecule has 0 saturated heterocycles. The van der Waals surface area contributed by atoms with Crippen LogP contribution in [0.4, 0.5) is 15.0 Å². The highest BCUT2D eigenvalue weighted by atomic mass is 35.5. The summed E-state index contributed by atoms with van der Waals surface area (Å²) in [4.78, 5) is 15.7. The zero-order chi connectivity index (χ0) is 23.3. The van der Waals surface area contributed by atoms with Gasteiger partial charge in [0.1, 0.15) is 29.9 Å². The molecule has 0 radical (unpaired) electrons. The first-order valence-corrected chi connectivity index (χ1v) is 11.3. The van der Waals surface area contributed by atoms with E-state index in [4.69, 9.17) is 26.8 Å². The Morgan fingerprint density at radius 1 is 1.31 bits per heavy atom. The Morgan fingerprint density at radius 2 is 2.06 bits per heavy atom. The largest absolute Gasteiger partial charge is 0.488 e. The van der Waals surface area contributed by atoms with Crippen molar-refractivity contribution in [2.24, 2.45) is 11.7 Å². The van der Waals surface area contributed by atoms with Gasteiger partial charge in [-0.1, -0.05) is 31.5 Å². The molecule has 1 fully saturated rings. The molecular formula is C24H31ClFN3O3. The molecule has 32 heavy (non-hydrogen) atoms. The van der Waals surface area contributed by atoms with Crippen LogP contribution < -0.4 is 15.8 Å². The molecule has 1 aliphatic rings. The number of benzene rings is 1. The van der Waals surface area contributed by atoms with Crippen molar-refractivity contribution < 1.29 is 18.7 Å². The molecule has 1 saturated carbocycles. The number of alkyl halides is 1. The van der Waals surface area contributed by atoms with Gasteiger partial charge in [-0.05, 0) is 73.9 Å². The van der Waals surface area contributed by atoms with Crippen molar-refractivity contribution in [3.63, 3.8) is 0 Å². The maximum Gasteiger partial charge on any atom is 0.405 e. The van der Waals surface area contributed by atoms with E-state index in [1.54, 1.807) is 19.2 Å². The first-order valence-electron chi connectivity index (χ1n) is 10.9. The number of carbonyl (C=O) groups excluding carboxylic acids is 1. The van der Waals surface area contributed by atoms with Crippen LogP contribution in [0.25, 0.3) is 11.1 Å². The summed E-state index contributed by atoms with van der Waals surface area (Å²) in [6.45, 7) is 5.99. The fourth-order valence-electron chi connectivity index (χ4n) is 4.22. The van der Waals surface area contributed by atoms with Crippen LogP contribution in [-0.4, -0.2) is 35.5 Å². The van der Waals surface area contributed by atoms with E-state index >= 15 is 0 Å². The molecule has 1 amide bonds. The molecule has 1 aliphatic carbocycles. The third kappa shape index (κ3) is 6.73.